The molecule has 1 heterocycles. The number of hydrogen-bond donors (Lipinski definition) is 3. The number of hydrazine groups is 1. The van der Waals surface area contributed by atoms with Crippen LogP contribution >= 0.6 is 0 Å². The minimum atomic E-state index is -0.470. The molecule has 4 N–H and O–H groups in total. The predicted molar refractivity (Wildman–Crippen MR) is 71.3 cm³/mol. The number of nitrogens with two attached hydrogens (primary N) is 1. The van der Waals surface area contributed by atoms with E-state index in [1.807, 2.05) is 0 Å². The average molecular weight is 253 g/mol. The van der Waals surface area contributed by atoms with Crippen molar-refractivity contribution in [2.75, 3.05) is 17.3 Å². The van der Waals surface area contributed by atoms with Crippen LogP contribution in [-0.4, -0.2) is 16.5 Å². The minimum Gasteiger partial charge on any atom is -0.370 e. The van der Waals surface area contributed by atoms with Gasteiger partial charge in [0, 0.05) is 6.54 Å². The lowest BCUT2D eigenvalue weighted by Crippen LogP contribution is -2.11. The summed E-state index contributed by atoms with van der Waals surface area (Å²) in [7, 11) is 0. The van der Waals surface area contributed by atoms with Crippen LogP contribution in [0.2, 0.25) is 0 Å². The lowest BCUT2D eigenvalue weighted by molar-refractivity contribution is -0.384. The normalized spacial score (nSPS) is 10.4. The Labute approximate surface area is 106 Å². The summed E-state index contributed by atoms with van der Waals surface area (Å²) < 4.78 is 0. The van der Waals surface area contributed by atoms with Crippen LogP contribution in [0.5, 0.6) is 0 Å². The van der Waals surface area contributed by atoms with E-state index in [2.05, 4.69) is 29.6 Å². The molecule has 0 saturated heterocycles. The summed E-state index contributed by atoms with van der Waals surface area (Å²) in [6.45, 7) is 5.04. The predicted octanol–water partition coefficient (Wildman–Crippen LogP) is 2.12. The molecule has 0 saturated carbocycles. The third kappa shape index (κ3) is 4.54. The highest BCUT2D eigenvalue weighted by molar-refractivity contribution is 5.54. The van der Waals surface area contributed by atoms with E-state index in [1.165, 1.54) is 12.1 Å². The Hall–Kier alpha value is -1.89. The summed E-state index contributed by atoms with van der Waals surface area (Å²) in [5.74, 6) is 6.60. The first-order chi connectivity index (χ1) is 8.52. The van der Waals surface area contributed by atoms with E-state index in [-0.39, 0.29) is 11.5 Å². The van der Waals surface area contributed by atoms with E-state index in [1.54, 1.807) is 0 Å². The van der Waals surface area contributed by atoms with E-state index in [4.69, 9.17) is 5.84 Å². The first kappa shape index (κ1) is 14.2. The molecule has 0 spiro atoms. The molecule has 0 atom stereocenters. The maximum absolute atomic E-state index is 10.7. The highest BCUT2D eigenvalue weighted by atomic mass is 16.6. The Morgan fingerprint density at radius 1 is 1.44 bits per heavy atom. The monoisotopic (exact) mass is 253 g/mol. The van der Waals surface area contributed by atoms with Crippen LogP contribution in [0.4, 0.5) is 17.3 Å². The van der Waals surface area contributed by atoms with E-state index in [0.29, 0.717) is 11.7 Å². The molecule has 0 aliphatic carbocycles. The van der Waals surface area contributed by atoms with Gasteiger partial charge in [0.25, 0.3) is 5.69 Å². The number of hydrogen-bond acceptors (Lipinski definition) is 6. The number of nitro groups is 1. The molecule has 0 bridgehead atoms. The molecule has 0 radical (unpaired) electrons. The van der Waals surface area contributed by atoms with Gasteiger partial charge in [0.2, 0.25) is 0 Å². The van der Waals surface area contributed by atoms with Gasteiger partial charge in [-0.1, -0.05) is 13.8 Å². The molecular formula is C11H19N5O2. The van der Waals surface area contributed by atoms with Crippen molar-refractivity contribution in [3.05, 3.63) is 22.2 Å². The smallest absolute Gasteiger partial charge is 0.276 e. The van der Waals surface area contributed by atoms with Crippen molar-refractivity contribution in [1.29, 1.82) is 0 Å². The second kappa shape index (κ2) is 6.75. The van der Waals surface area contributed by atoms with Crippen molar-refractivity contribution in [2.24, 2.45) is 11.8 Å². The van der Waals surface area contributed by atoms with Crippen molar-refractivity contribution >= 4 is 17.3 Å². The van der Waals surface area contributed by atoms with Gasteiger partial charge in [0.1, 0.15) is 11.6 Å². The van der Waals surface area contributed by atoms with Crippen LogP contribution in [0.3, 0.4) is 0 Å². The molecule has 1 aromatic rings. The zero-order valence-corrected chi connectivity index (χ0v) is 10.6. The molecule has 0 amide bonds. The van der Waals surface area contributed by atoms with Crippen molar-refractivity contribution < 1.29 is 4.92 Å². The van der Waals surface area contributed by atoms with Gasteiger partial charge in [0.15, 0.2) is 0 Å². The molecule has 0 aliphatic heterocycles. The summed E-state index contributed by atoms with van der Waals surface area (Å²) in [5.41, 5.74) is 2.28. The maximum atomic E-state index is 10.7. The van der Waals surface area contributed by atoms with E-state index < -0.39 is 4.92 Å². The maximum Gasteiger partial charge on any atom is 0.276 e. The second-order valence-corrected chi connectivity index (χ2v) is 4.46. The van der Waals surface area contributed by atoms with Crippen LogP contribution in [-0.2, 0) is 0 Å². The molecule has 0 fully saturated rings. The van der Waals surface area contributed by atoms with E-state index in [0.717, 1.165) is 19.4 Å². The summed E-state index contributed by atoms with van der Waals surface area (Å²) in [5, 5.41) is 13.8. The van der Waals surface area contributed by atoms with Gasteiger partial charge >= 0.3 is 0 Å². The Balaban J connectivity index is 2.64. The van der Waals surface area contributed by atoms with Crippen molar-refractivity contribution in [3.63, 3.8) is 0 Å². The van der Waals surface area contributed by atoms with Crippen molar-refractivity contribution in [3.8, 4) is 0 Å². The standard InChI is InChI=1S/C11H19N5O2/c1-8(2)4-3-5-13-10-6-9(16(17)18)7-11(14-10)15-12/h6-8H,3-5,12H2,1-2H3,(H2,13,14,15). The van der Waals surface area contributed by atoms with Gasteiger partial charge in [-0.3, -0.25) is 10.1 Å². The molecule has 100 valence electrons. The Morgan fingerprint density at radius 2 is 2.11 bits per heavy atom. The lowest BCUT2D eigenvalue weighted by atomic mass is 10.1. The SMILES string of the molecule is CC(C)CCCNc1cc([N+](=O)[O-])cc(NN)n1. The van der Waals surface area contributed by atoms with Gasteiger partial charge in [-0.05, 0) is 18.8 Å². The zero-order valence-electron chi connectivity index (χ0n) is 10.6. The van der Waals surface area contributed by atoms with E-state index in [9.17, 15) is 10.1 Å². The second-order valence-electron chi connectivity index (χ2n) is 4.46. The van der Waals surface area contributed by atoms with Crippen molar-refractivity contribution in [1.82, 2.24) is 4.98 Å². The molecule has 18 heavy (non-hydrogen) atoms. The molecule has 1 rings (SSSR count). The number of nitrogens with one attached hydrogen (secondary N) is 2. The summed E-state index contributed by atoms with van der Waals surface area (Å²) in [4.78, 5) is 14.4. The van der Waals surface area contributed by atoms with Crippen LogP contribution in [0.15, 0.2) is 12.1 Å². The highest BCUT2D eigenvalue weighted by Gasteiger charge is 2.10. The third-order valence-electron chi connectivity index (χ3n) is 2.43. The first-order valence-electron chi connectivity index (χ1n) is 5.90. The van der Waals surface area contributed by atoms with Crippen LogP contribution < -0.4 is 16.6 Å². The first-order valence-corrected chi connectivity index (χ1v) is 5.90. The quantitative estimate of drug-likeness (QED) is 0.297. The number of nitrogen functional groups attached to an aromatic ring is 1. The van der Waals surface area contributed by atoms with Crippen LogP contribution in [0.1, 0.15) is 26.7 Å². The minimum absolute atomic E-state index is 0.0377. The number of pyridine rings is 1. The molecule has 7 heteroatoms. The Kier molecular flexibility index (Phi) is 5.31. The van der Waals surface area contributed by atoms with Gasteiger partial charge in [-0.15, -0.1) is 0 Å². The van der Waals surface area contributed by atoms with Crippen LogP contribution in [0.25, 0.3) is 0 Å². The number of anilines is 2. The zero-order chi connectivity index (χ0) is 13.5. The molecular weight excluding hydrogens is 234 g/mol. The molecule has 0 unspecified atom stereocenters. The average Bonchev–Trinajstić information content (AvgIpc) is 2.34. The molecule has 1 aromatic heterocycles. The van der Waals surface area contributed by atoms with Gasteiger partial charge in [-0.25, -0.2) is 10.8 Å². The summed E-state index contributed by atoms with van der Waals surface area (Å²) in [6.07, 6.45) is 2.09. The van der Waals surface area contributed by atoms with E-state index >= 15 is 0 Å². The highest BCUT2D eigenvalue weighted by Crippen LogP contribution is 2.20. The molecule has 0 aliphatic rings. The fraction of sp³-hybridized carbons (Fsp3) is 0.545. The summed E-state index contributed by atoms with van der Waals surface area (Å²) >= 11 is 0. The summed E-state index contributed by atoms with van der Waals surface area (Å²) in [6, 6.07) is 2.69. The Bertz CT molecular complexity index is 408. The van der Waals surface area contributed by atoms with Gasteiger partial charge in [-0.2, -0.15) is 0 Å². The fourth-order valence-electron chi connectivity index (χ4n) is 1.51. The third-order valence-corrected chi connectivity index (χ3v) is 2.43. The van der Waals surface area contributed by atoms with Gasteiger partial charge in [0.05, 0.1) is 17.1 Å². The molecule has 0 aromatic carbocycles. The topological polar surface area (TPSA) is 106 Å². The number of nitrogens with zero attached hydrogens (tertiary/aromatic N) is 2. The number of aromatic nitrogens is 1. The number of rotatable bonds is 7. The fourth-order valence-corrected chi connectivity index (χ4v) is 1.51. The van der Waals surface area contributed by atoms with Crippen LogP contribution in [0, 0.1) is 16.0 Å². The van der Waals surface area contributed by atoms with Crippen molar-refractivity contribution in [2.45, 2.75) is 26.7 Å². The Morgan fingerprint density at radius 3 is 2.67 bits per heavy atom. The largest absolute Gasteiger partial charge is 0.370 e. The molecule has 7 nitrogen and oxygen atoms in total. The lowest BCUT2D eigenvalue weighted by Gasteiger charge is -2.08. The van der Waals surface area contributed by atoms with Gasteiger partial charge < -0.3 is 10.7 Å².